The molecular formula is C26H23N3O. The van der Waals surface area contributed by atoms with Crippen LogP contribution in [0, 0.1) is 11.8 Å². The summed E-state index contributed by atoms with van der Waals surface area (Å²) >= 11 is 0. The fourth-order valence-corrected chi connectivity index (χ4v) is 3.40. The van der Waals surface area contributed by atoms with Crippen LogP contribution < -0.4 is 4.90 Å². The van der Waals surface area contributed by atoms with Crippen molar-refractivity contribution < 1.29 is 4.79 Å². The van der Waals surface area contributed by atoms with Gasteiger partial charge in [-0.15, -0.1) is 0 Å². The highest BCUT2D eigenvalue weighted by atomic mass is 16.1. The maximum atomic E-state index is 12.6. The molecule has 1 N–H and O–H groups in total. The van der Waals surface area contributed by atoms with Gasteiger partial charge in [0.05, 0.1) is 0 Å². The second-order valence-electron chi connectivity index (χ2n) is 7.37. The molecule has 0 amide bonds. The third-order valence-electron chi connectivity index (χ3n) is 5.14. The van der Waals surface area contributed by atoms with Crippen molar-refractivity contribution in [3.63, 3.8) is 0 Å². The van der Waals surface area contributed by atoms with E-state index in [1.807, 2.05) is 85.9 Å². The number of nitrogens with zero attached hydrogens (tertiary/aromatic N) is 2. The number of aromatic amines is 1. The number of hydrogen-bond donors (Lipinski definition) is 1. The van der Waals surface area contributed by atoms with Crippen molar-refractivity contribution in [1.29, 1.82) is 0 Å². The monoisotopic (exact) mass is 393 g/mol. The van der Waals surface area contributed by atoms with Crippen LogP contribution in [0.3, 0.4) is 0 Å². The minimum Gasteiger partial charge on any atom is -0.378 e. The molecule has 0 spiro atoms. The number of H-pyrrole nitrogens is 1. The Morgan fingerprint density at radius 2 is 1.73 bits per heavy atom. The number of pyridine rings is 1. The van der Waals surface area contributed by atoms with Gasteiger partial charge in [0.25, 0.3) is 0 Å². The highest BCUT2D eigenvalue weighted by molar-refractivity contribution is 5.96. The average Bonchev–Trinajstić information content (AvgIpc) is 3.26. The van der Waals surface area contributed by atoms with Gasteiger partial charge in [0.15, 0.2) is 5.78 Å². The van der Waals surface area contributed by atoms with Gasteiger partial charge in [-0.3, -0.25) is 4.79 Å². The first kappa shape index (κ1) is 19.5. The number of fused-ring (bicyclic) bond motifs is 1. The average molecular weight is 393 g/mol. The minimum absolute atomic E-state index is 0.145. The van der Waals surface area contributed by atoms with Crippen molar-refractivity contribution in [2.24, 2.45) is 0 Å². The second-order valence-corrected chi connectivity index (χ2v) is 7.37. The molecule has 0 atom stereocenters. The van der Waals surface area contributed by atoms with Crippen LogP contribution in [0.1, 0.15) is 33.5 Å². The summed E-state index contributed by atoms with van der Waals surface area (Å²) in [6.45, 7) is 0. The Morgan fingerprint density at radius 1 is 0.967 bits per heavy atom. The molecule has 0 radical (unpaired) electrons. The third kappa shape index (κ3) is 4.26. The number of Topliss-reactive ketones (excluding diaryl/α,β-unsaturated/α-hetero) is 1. The molecule has 2 aromatic carbocycles. The highest BCUT2D eigenvalue weighted by Gasteiger charge is 2.08. The van der Waals surface area contributed by atoms with Gasteiger partial charge in [0.2, 0.25) is 0 Å². The lowest BCUT2D eigenvalue weighted by molar-refractivity contribution is 0.0983. The van der Waals surface area contributed by atoms with Crippen molar-refractivity contribution in [1.82, 2.24) is 9.97 Å². The Balaban J connectivity index is 1.50. The Morgan fingerprint density at radius 3 is 2.53 bits per heavy atom. The van der Waals surface area contributed by atoms with Crippen molar-refractivity contribution >= 4 is 22.5 Å². The Labute approximate surface area is 176 Å². The van der Waals surface area contributed by atoms with E-state index in [1.54, 1.807) is 6.20 Å². The summed E-state index contributed by atoms with van der Waals surface area (Å²) in [6, 6.07) is 19.7. The smallest absolute Gasteiger partial charge is 0.163 e. The van der Waals surface area contributed by atoms with E-state index in [-0.39, 0.29) is 5.78 Å². The van der Waals surface area contributed by atoms with Crippen molar-refractivity contribution in [2.75, 3.05) is 19.0 Å². The predicted octanol–water partition coefficient (Wildman–Crippen LogP) is 4.84. The summed E-state index contributed by atoms with van der Waals surface area (Å²) in [5, 5.41) is 1.01. The van der Waals surface area contributed by atoms with E-state index >= 15 is 0 Å². The fraction of sp³-hybridized carbons (Fsp3) is 0.154. The van der Waals surface area contributed by atoms with Crippen molar-refractivity contribution in [2.45, 2.75) is 12.8 Å². The molecule has 0 aliphatic carbocycles. The summed E-state index contributed by atoms with van der Waals surface area (Å²) in [7, 11) is 3.98. The summed E-state index contributed by atoms with van der Waals surface area (Å²) < 4.78 is 0. The Kier molecular flexibility index (Phi) is 5.63. The van der Waals surface area contributed by atoms with Gasteiger partial charge in [-0.05, 0) is 54.4 Å². The second kappa shape index (κ2) is 8.67. The van der Waals surface area contributed by atoms with E-state index in [0.29, 0.717) is 12.8 Å². The summed E-state index contributed by atoms with van der Waals surface area (Å²) in [6.07, 6.45) is 4.74. The zero-order valence-corrected chi connectivity index (χ0v) is 17.1. The first-order valence-corrected chi connectivity index (χ1v) is 9.94. The van der Waals surface area contributed by atoms with Gasteiger partial charge in [-0.25, -0.2) is 4.98 Å². The van der Waals surface area contributed by atoms with Crippen molar-refractivity contribution in [3.8, 4) is 11.8 Å². The molecule has 0 saturated carbocycles. The van der Waals surface area contributed by atoms with Crippen LogP contribution in [-0.2, 0) is 6.42 Å². The van der Waals surface area contributed by atoms with E-state index in [1.165, 1.54) is 0 Å². The number of anilines is 1. The predicted molar refractivity (Wildman–Crippen MR) is 122 cm³/mol. The zero-order valence-electron chi connectivity index (χ0n) is 17.1. The molecule has 4 aromatic rings. The summed E-state index contributed by atoms with van der Waals surface area (Å²) in [5.74, 6) is 6.70. The maximum Gasteiger partial charge on any atom is 0.163 e. The molecule has 148 valence electrons. The minimum atomic E-state index is 0.145. The number of nitrogens with one attached hydrogen (secondary N) is 1. The molecule has 0 bridgehead atoms. The van der Waals surface area contributed by atoms with Gasteiger partial charge in [-0.1, -0.05) is 30.0 Å². The summed E-state index contributed by atoms with van der Waals surface area (Å²) in [4.78, 5) is 22.1. The number of ketones is 1. The lowest BCUT2D eigenvalue weighted by atomic mass is 9.99. The van der Waals surface area contributed by atoms with E-state index in [2.05, 4.69) is 21.8 Å². The van der Waals surface area contributed by atoms with E-state index in [9.17, 15) is 4.79 Å². The number of aryl methyl sites for hydroxylation is 1. The first-order valence-electron chi connectivity index (χ1n) is 9.94. The van der Waals surface area contributed by atoms with Gasteiger partial charge in [0, 0.05) is 60.7 Å². The zero-order chi connectivity index (χ0) is 20.9. The largest absolute Gasteiger partial charge is 0.378 e. The molecule has 0 unspecified atom stereocenters. The number of rotatable bonds is 5. The van der Waals surface area contributed by atoms with Crippen LogP contribution >= 0.6 is 0 Å². The van der Waals surface area contributed by atoms with E-state index < -0.39 is 0 Å². The molecule has 2 heterocycles. The van der Waals surface area contributed by atoms with E-state index in [4.69, 9.17) is 0 Å². The molecular weight excluding hydrogens is 370 g/mol. The molecule has 0 aliphatic rings. The molecule has 30 heavy (non-hydrogen) atoms. The molecule has 0 fully saturated rings. The quantitative estimate of drug-likeness (QED) is 0.390. The number of hydrogen-bond acceptors (Lipinski definition) is 3. The normalized spacial score (nSPS) is 10.5. The molecule has 4 nitrogen and oxygen atoms in total. The van der Waals surface area contributed by atoms with E-state index in [0.717, 1.165) is 39.0 Å². The van der Waals surface area contributed by atoms with Crippen LogP contribution in [0.15, 0.2) is 73.1 Å². The lowest BCUT2D eigenvalue weighted by Gasteiger charge is -2.12. The van der Waals surface area contributed by atoms with Gasteiger partial charge in [-0.2, -0.15) is 0 Å². The molecule has 4 heteroatoms. The van der Waals surface area contributed by atoms with Crippen LogP contribution in [-0.4, -0.2) is 29.8 Å². The lowest BCUT2D eigenvalue weighted by Crippen LogP contribution is -2.09. The maximum absolute atomic E-state index is 12.6. The number of aromatic nitrogens is 2. The first-order chi connectivity index (χ1) is 14.6. The van der Waals surface area contributed by atoms with Gasteiger partial charge < -0.3 is 9.88 Å². The Hall–Kier alpha value is -3.84. The molecule has 0 saturated heterocycles. The third-order valence-corrected chi connectivity index (χ3v) is 5.14. The number of carbonyl (C=O) groups is 1. The molecule has 0 aliphatic heterocycles. The SMILES string of the molecule is CN(C)c1ccc(C(=O)CCc2ccccc2C#Cc2ccnc3[nH]ccc23)cc1. The summed E-state index contributed by atoms with van der Waals surface area (Å²) in [5.41, 5.74) is 5.64. The molecule has 2 aromatic heterocycles. The number of carbonyl (C=O) groups excluding carboxylic acids is 1. The Bertz CT molecular complexity index is 1240. The topological polar surface area (TPSA) is 49.0 Å². The van der Waals surface area contributed by atoms with Crippen LogP contribution in [0.2, 0.25) is 0 Å². The number of benzene rings is 2. The van der Waals surface area contributed by atoms with Crippen LogP contribution in [0.25, 0.3) is 11.0 Å². The van der Waals surface area contributed by atoms with Crippen LogP contribution in [0.5, 0.6) is 0 Å². The fourth-order valence-electron chi connectivity index (χ4n) is 3.40. The van der Waals surface area contributed by atoms with Crippen molar-refractivity contribution in [3.05, 3.63) is 95.3 Å². The van der Waals surface area contributed by atoms with Gasteiger partial charge >= 0.3 is 0 Å². The highest BCUT2D eigenvalue weighted by Crippen LogP contribution is 2.17. The van der Waals surface area contributed by atoms with Gasteiger partial charge in [0.1, 0.15) is 5.65 Å². The van der Waals surface area contributed by atoms with Crippen LogP contribution in [0.4, 0.5) is 5.69 Å². The standard InChI is InChI=1S/C26H23N3O/c1-29(2)23-12-9-22(10-13-23)25(30)14-11-20-6-4-3-5-19(20)7-8-21-15-17-27-26-24(21)16-18-28-26/h3-6,9-10,12-13,15-18H,11,14H2,1-2H3,(H,27,28). The molecule has 4 rings (SSSR count).